The third-order valence-corrected chi connectivity index (χ3v) is 16.3. The van der Waals surface area contributed by atoms with E-state index in [2.05, 4.69) is 27.7 Å². The third-order valence-electron chi connectivity index (χ3n) is 14.8. The quantitative estimate of drug-likeness (QED) is 0.0425. The van der Waals surface area contributed by atoms with Crippen molar-refractivity contribution in [1.29, 1.82) is 0 Å². The molecule has 5 fully saturated rings. The molecule has 4 saturated carbocycles. The van der Waals surface area contributed by atoms with Gasteiger partial charge in [-0.15, -0.1) is 0 Å². The zero-order valence-electron chi connectivity index (χ0n) is 40.6. The summed E-state index contributed by atoms with van der Waals surface area (Å²) in [6.07, 6.45) is -5.46. The van der Waals surface area contributed by atoms with Crippen LogP contribution in [0.2, 0.25) is 0 Å². The van der Waals surface area contributed by atoms with Gasteiger partial charge in [0.2, 0.25) is 16.7 Å². The van der Waals surface area contributed by atoms with Crippen LogP contribution in [-0.2, 0) is 80.6 Å². The maximum atomic E-state index is 14.4. The predicted octanol–water partition coefficient (Wildman–Crippen LogP) is -0.934. The first-order valence-electron chi connectivity index (χ1n) is 22.4. The zero-order valence-corrected chi connectivity index (χ0v) is 46.3. The molecule has 10 unspecified atom stereocenters. The number of phosphoric acid groups is 1. The Morgan fingerprint density at radius 3 is 1.85 bits per heavy atom. The number of phosphoric ester groups is 1. The molecule has 1 saturated heterocycles. The topological polar surface area (TPSA) is 266 Å². The number of fused-ring (bicyclic) bond motifs is 5. The maximum Gasteiger partial charge on any atom is 1.00 e. The second-order valence-electron chi connectivity index (χ2n) is 19.6. The molecule has 19 nitrogen and oxygen atoms in total. The Hall–Kier alpha value is -0.710. The van der Waals surface area contributed by atoms with Gasteiger partial charge in [-0.3, -0.25) is 37.2 Å². The van der Waals surface area contributed by atoms with Gasteiger partial charge in [-0.2, -0.15) is 0 Å². The Balaban J connectivity index is 0.00000578. The average Bonchev–Trinajstić information content (AvgIpc) is 3.43. The van der Waals surface area contributed by atoms with E-state index in [-0.39, 0.29) is 125 Å². The van der Waals surface area contributed by atoms with Crippen LogP contribution in [0.1, 0.15) is 133 Å². The largest absolute Gasteiger partial charge is 1.00 e. The van der Waals surface area contributed by atoms with Crippen molar-refractivity contribution in [2.75, 3.05) is 6.61 Å². The second-order valence-corrected chi connectivity index (χ2v) is 22.0. The maximum absolute atomic E-state index is 14.4. The van der Waals surface area contributed by atoms with Crippen LogP contribution in [0.15, 0.2) is 0 Å². The number of carbonyl (C=O) groups is 5. The van der Waals surface area contributed by atoms with Crippen LogP contribution < -0.4 is 64.0 Å². The number of hydrogen-bond acceptors (Lipinski definition) is 19. The van der Waals surface area contributed by atoms with Crippen molar-refractivity contribution in [1.82, 2.24) is 0 Å². The van der Waals surface area contributed by atoms with Gasteiger partial charge in [0.05, 0.1) is 12.2 Å². The molecule has 5 rings (SSSR count). The molecule has 0 N–H and O–H groups in total. The fraction of sp³-hybridized carbons (Fsp3) is 0.884. The third kappa shape index (κ3) is 14.7. The van der Waals surface area contributed by atoms with Gasteiger partial charge in [-0.1, -0.05) is 53.9 Å². The Bertz CT molecular complexity index is 1890. The Morgan fingerprint density at radius 2 is 1.29 bits per heavy atom. The van der Waals surface area contributed by atoms with Crippen molar-refractivity contribution < 1.29 is 147 Å². The fourth-order valence-corrected chi connectivity index (χ4v) is 14.1. The van der Waals surface area contributed by atoms with Gasteiger partial charge in [-0.05, 0) is 91.3 Å². The van der Waals surface area contributed by atoms with Crippen LogP contribution in [0.4, 0.5) is 0 Å². The second kappa shape index (κ2) is 24.1. The molecule has 0 aromatic rings. The molecule has 0 aromatic carbocycles. The summed E-state index contributed by atoms with van der Waals surface area (Å²) in [5.41, 5.74) is -0.942. The van der Waals surface area contributed by atoms with E-state index < -0.39 is 103 Å². The monoisotopic (exact) mass is 996 g/mol. The Kier molecular flexibility index (Phi) is 21.8. The minimum absolute atomic E-state index is 0. The van der Waals surface area contributed by atoms with Gasteiger partial charge < -0.3 is 42.4 Å². The molecule has 366 valence electrons. The minimum atomic E-state index is -5.62. The molecule has 1 aliphatic heterocycles. The van der Waals surface area contributed by atoms with Crippen LogP contribution in [0.3, 0.4) is 0 Å². The fourth-order valence-electron chi connectivity index (χ4n) is 12.6. The minimum Gasteiger partial charge on any atom is -0.756 e. The van der Waals surface area contributed by atoms with E-state index in [1.165, 1.54) is 6.92 Å². The van der Waals surface area contributed by atoms with Gasteiger partial charge in [0.1, 0.15) is 18.8 Å². The molecule has 0 radical (unpaired) electrons. The molecule has 1 heterocycles. The first-order valence-corrected chi connectivity index (χ1v) is 25.2. The van der Waals surface area contributed by atoms with Crippen molar-refractivity contribution in [2.45, 2.75) is 182 Å². The summed E-state index contributed by atoms with van der Waals surface area (Å²) in [4.78, 5) is 76.0. The SMILES string of the molecule is CC(=O)OCC1OC(OP(=O)([O-])O[C@H]2CC3C(CC[C@@]4(C)C3C[C@H](OC(C)=O)[C@@H]4[C@H](C)CCCC(C)C)[C@@]3(C)CC[C@H](OS(=O)(=O)[O-])CC23)C(OC(C)=O)C(OC(C)=O)C1OC(C)=O.[Na+].[Na+]. The predicted molar refractivity (Wildman–Crippen MR) is 219 cm³/mol. The van der Waals surface area contributed by atoms with Gasteiger partial charge in [0, 0.05) is 40.5 Å². The van der Waals surface area contributed by atoms with Crippen LogP contribution in [0.5, 0.6) is 0 Å². The molecule has 0 spiro atoms. The molecule has 17 atom stereocenters. The van der Waals surface area contributed by atoms with Crippen molar-refractivity contribution >= 4 is 48.1 Å². The smallest absolute Gasteiger partial charge is 0.756 e. The summed E-state index contributed by atoms with van der Waals surface area (Å²) in [7, 11) is -10.7. The standard InChI is InChI=1S/C43H69O19PS.2Na/c1-22(2)12-11-13-23(3)37-35(55-25(5)45)20-32-30-19-34(33-18-29(62-64(51,52)53)14-16-42(33,9)31(30)15-17-43(32,37)10)60-63(49,50)61-41-40(58-28(8)48)39(57-27(7)47)38(56-26(6)46)36(59-41)21-54-24(4)44;;/h22-23,29-41H,11-21H2,1-10H3,(H,49,50)(H,51,52,53);;/q;2*+1/p-2/t23-,29+,30?,31?,32?,33?,34+,35+,36?,37+,38?,39?,40?,41?,42-,43+;;/m1../s1. The summed E-state index contributed by atoms with van der Waals surface area (Å²) >= 11 is 0. The van der Waals surface area contributed by atoms with E-state index in [1.54, 1.807) is 0 Å². The van der Waals surface area contributed by atoms with Crippen LogP contribution in [0.25, 0.3) is 0 Å². The van der Waals surface area contributed by atoms with Crippen molar-refractivity contribution in [3.63, 3.8) is 0 Å². The number of carbonyl (C=O) groups excluding carboxylic acids is 5. The first-order chi connectivity index (χ1) is 29.6. The van der Waals surface area contributed by atoms with Gasteiger partial charge >= 0.3 is 89.0 Å². The van der Waals surface area contributed by atoms with E-state index >= 15 is 0 Å². The molecule has 4 aliphatic carbocycles. The number of hydrogen-bond donors (Lipinski definition) is 0. The summed E-state index contributed by atoms with van der Waals surface area (Å²) in [5, 5.41) is 0. The Morgan fingerprint density at radius 1 is 0.712 bits per heavy atom. The molecular weight excluding hydrogens is 929 g/mol. The zero-order chi connectivity index (χ0) is 47.7. The van der Waals surface area contributed by atoms with Crippen LogP contribution in [0, 0.1) is 52.3 Å². The molecule has 23 heteroatoms. The number of ether oxygens (including phenoxy) is 6. The normalized spacial score (nSPS) is 37.4. The van der Waals surface area contributed by atoms with E-state index in [0.29, 0.717) is 18.8 Å². The van der Waals surface area contributed by atoms with Crippen molar-refractivity contribution in [2.24, 2.45) is 52.3 Å². The average molecular weight is 997 g/mol. The molecule has 0 amide bonds. The number of esters is 5. The molecular formula is C43H67Na2O19PS. The molecule has 0 aromatic heterocycles. The van der Waals surface area contributed by atoms with Gasteiger partial charge in [-0.25, -0.2) is 8.42 Å². The van der Waals surface area contributed by atoms with Crippen LogP contribution >= 0.6 is 7.82 Å². The summed E-state index contributed by atoms with van der Waals surface area (Å²) < 4.78 is 100.0. The van der Waals surface area contributed by atoms with Crippen molar-refractivity contribution in [3.8, 4) is 0 Å². The molecule has 5 aliphatic rings. The molecule has 0 bridgehead atoms. The first kappa shape index (κ1) is 59.6. The number of rotatable bonds is 17. The van der Waals surface area contributed by atoms with E-state index in [4.69, 9.17) is 41.7 Å². The summed E-state index contributed by atoms with van der Waals surface area (Å²) in [6, 6.07) is 0. The van der Waals surface area contributed by atoms with Gasteiger partial charge in [0.25, 0.3) is 7.82 Å². The van der Waals surface area contributed by atoms with Crippen LogP contribution in [-0.4, -0.2) is 98.4 Å². The van der Waals surface area contributed by atoms with Gasteiger partial charge in [0.15, 0.2) is 18.3 Å². The van der Waals surface area contributed by atoms with E-state index in [0.717, 1.165) is 59.8 Å². The summed E-state index contributed by atoms with van der Waals surface area (Å²) in [5.74, 6) is -4.01. The van der Waals surface area contributed by atoms with Crippen molar-refractivity contribution in [3.05, 3.63) is 0 Å². The molecule has 66 heavy (non-hydrogen) atoms. The van der Waals surface area contributed by atoms with E-state index in [1.807, 2.05) is 6.92 Å². The summed E-state index contributed by atoms with van der Waals surface area (Å²) in [6.45, 7) is 15.8. The Labute approximate surface area is 433 Å². The van der Waals surface area contributed by atoms with E-state index in [9.17, 15) is 46.4 Å².